The predicted molar refractivity (Wildman–Crippen MR) is 79.6 cm³/mol. The zero-order valence-corrected chi connectivity index (χ0v) is 13.0. The summed E-state index contributed by atoms with van der Waals surface area (Å²) in [5, 5.41) is 9.07. The molecule has 1 aromatic rings. The highest BCUT2D eigenvalue weighted by molar-refractivity contribution is 7.89. The summed E-state index contributed by atoms with van der Waals surface area (Å²) in [6.07, 6.45) is 3.06. The number of hydrogen-bond donors (Lipinski definition) is 1. The van der Waals surface area contributed by atoms with E-state index in [1.165, 1.54) is 4.31 Å². The van der Waals surface area contributed by atoms with Crippen LogP contribution in [-0.4, -0.2) is 36.9 Å². The molecule has 0 unspecified atom stereocenters. The van der Waals surface area contributed by atoms with E-state index in [0.717, 1.165) is 18.4 Å². The molecular weight excluding hydrogens is 290 g/mol. The second-order valence-corrected chi connectivity index (χ2v) is 7.37. The molecule has 1 atom stereocenters. The van der Waals surface area contributed by atoms with Crippen LogP contribution in [0.3, 0.4) is 0 Å². The van der Waals surface area contributed by atoms with Crippen molar-refractivity contribution in [1.29, 1.82) is 0 Å². The van der Waals surface area contributed by atoms with Crippen LogP contribution in [-0.2, 0) is 21.2 Å². The van der Waals surface area contributed by atoms with Gasteiger partial charge in [-0.25, -0.2) is 8.42 Å². The summed E-state index contributed by atoms with van der Waals surface area (Å²) in [4.78, 5) is 11.3. The number of aliphatic carboxylic acids is 1. The quantitative estimate of drug-likeness (QED) is 0.904. The molecule has 0 aliphatic carbocycles. The number of nitrogens with zero attached hydrogens (tertiary/aromatic N) is 1. The van der Waals surface area contributed by atoms with Gasteiger partial charge in [-0.15, -0.1) is 0 Å². The fourth-order valence-electron chi connectivity index (χ4n) is 2.63. The van der Waals surface area contributed by atoms with Crippen molar-refractivity contribution in [3.8, 4) is 0 Å². The minimum atomic E-state index is -3.59. The number of carboxylic acid groups (broad SMARTS) is 1. The Bertz CT molecular complexity index is 595. The van der Waals surface area contributed by atoms with Crippen molar-refractivity contribution in [3.63, 3.8) is 0 Å². The SMILES string of the molecule is CCCc1ccc(S(=O)(=O)N2CCC[C@@H](C(=O)O)C2)cc1. The lowest BCUT2D eigenvalue weighted by Crippen LogP contribution is -2.42. The first-order valence-corrected chi connectivity index (χ1v) is 8.71. The smallest absolute Gasteiger partial charge is 0.307 e. The molecule has 21 heavy (non-hydrogen) atoms. The molecule has 1 aliphatic rings. The number of sulfonamides is 1. The van der Waals surface area contributed by atoms with Gasteiger partial charge in [0.25, 0.3) is 0 Å². The van der Waals surface area contributed by atoms with Gasteiger partial charge >= 0.3 is 5.97 Å². The molecule has 6 heteroatoms. The van der Waals surface area contributed by atoms with Crippen molar-refractivity contribution >= 4 is 16.0 Å². The summed E-state index contributed by atoms with van der Waals surface area (Å²) < 4.78 is 26.4. The van der Waals surface area contributed by atoms with E-state index in [0.29, 0.717) is 19.4 Å². The number of benzene rings is 1. The normalized spacial score (nSPS) is 20.3. The average Bonchev–Trinajstić information content (AvgIpc) is 2.48. The number of piperidine rings is 1. The molecule has 1 saturated heterocycles. The molecule has 0 aromatic heterocycles. The summed E-state index contributed by atoms with van der Waals surface area (Å²) in [7, 11) is -3.59. The highest BCUT2D eigenvalue weighted by Crippen LogP contribution is 2.24. The lowest BCUT2D eigenvalue weighted by Gasteiger charge is -2.29. The van der Waals surface area contributed by atoms with Crippen LogP contribution in [0.25, 0.3) is 0 Å². The monoisotopic (exact) mass is 311 g/mol. The number of aryl methyl sites for hydroxylation is 1. The number of rotatable bonds is 5. The predicted octanol–water partition coefficient (Wildman–Crippen LogP) is 2.12. The van der Waals surface area contributed by atoms with Gasteiger partial charge < -0.3 is 5.11 Å². The highest BCUT2D eigenvalue weighted by atomic mass is 32.2. The third-order valence-corrected chi connectivity index (χ3v) is 5.71. The first kappa shape index (κ1) is 16.0. The van der Waals surface area contributed by atoms with Gasteiger partial charge in [-0.2, -0.15) is 4.31 Å². The molecule has 1 aliphatic heterocycles. The second kappa shape index (κ2) is 6.58. The van der Waals surface area contributed by atoms with Gasteiger partial charge in [-0.1, -0.05) is 25.5 Å². The van der Waals surface area contributed by atoms with Crippen molar-refractivity contribution in [2.75, 3.05) is 13.1 Å². The highest BCUT2D eigenvalue weighted by Gasteiger charge is 2.33. The Kier molecular flexibility index (Phi) is 5.00. The summed E-state index contributed by atoms with van der Waals surface area (Å²) in [5.74, 6) is -1.53. The van der Waals surface area contributed by atoms with Crippen molar-refractivity contribution in [1.82, 2.24) is 4.31 Å². The lowest BCUT2D eigenvalue weighted by atomic mass is 10.0. The van der Waals surface area contributed by atoms with E-state index in [9.17, 15) is 13.2 Å². The first-order valence-electron chi connectivity index (χ1n) is 7.27. The van der Waals surface area contributed by atoms with Crippen LogP contribution in [0, 0.1) is 5.92 Å². The standard InChI is InChI=1S/C15H21NO4S/c1-2-4-12-6-8-14(9-7-12)21(19,20)16-10-3-5-13(11-16)15(17)18/h6-9,13H,2-5,10-11H2,1H3,(H,17,18)/t13-/m1/s1. The molecule has 1 heterocycles. The Hall–Kier alpha value is -1.40. The van der Waals surface area contributed by atoms with Gasteiger partial charge in [0.15, 0.2) is 0 Å². The van der Waals surface area contributed by atoms with E-state index >= 15 is 0 Å². The van der Waals surface area contributed by atoms with Gasteiger partial charge in [0, 0.05) is 13.1 Å². The molecular formula is C15H21NO4S. The van der Waals surface area contributed by atoms with E-state index in [4.69, 9.17) is 5.11 Å². The van der Waals surface area contributed by atoms with E-state index in [2.05, 4.69) is 6.92 Å². The van der Waals surface area contributed by atoms with Gasteiger partial charge in [-0.05, 0) is 37.0 Å². The lowest BCUT2D eigenvalue weighted by molar-refractivity contribution is -0.142. The Morgan fingerprint density at radius 3 is 2.57 bits per heavy atom. The molecule has 5 nitrogen and oxygen atoms in total. The minimum absolute atomic E-state index is 0.0639. The van der Waals surface area contributed by atoms with Gasteiger partial charge in [0.05, 0.1) is 10.8 Å². The summed E-state index contributed by atoms with van der Waals surface area (Å²) >= 11 is 0. The summed E-state index contributed by atoms with van der Waals surface area (Å²) in [5.41, 5.74) is 1.11. The number of carbonyl (C=O) groups is 1. The maximum Gasteiger partial charge on any atom is 0.307 e. The fourth-order valence-corrected chi connectivity index (χ4v) is 4.15. The average molecular weight is 311 g/mol. The topological polar surface area (TPSA) is 74.7 Å². The zero-order chi connectivity index (χ0) is 15.5. The maximum absolute atomic E-state index is 12.6. The Balaban J connectivity index is 2.18. The Morgan fingerprint density at radius 1 is 1.33 bits per heavy atom. The van der Waals surface area contributed by atoms with Crippen LogP contribution < -0.4 is 0 Å². The summed E-state index contributed by atoms with van der Waals surface area (Å²) in [6, 6.07) is 6.89. The number of hydrogen-bond acceptors (Lipinski definition) is 3. The molecule has 1 N–H and O–H groups in total. The van der Waals surface area contributed by atoms with Crippen LogP contribution in [0.4, 0.5) is 0 Å². The maximum atomic E-state index is 12.6. The van der Waals surface area contributed by atoms with E-state index in [-0.39, 0.29) is 11.4 Å². The van der Waals surface area contributed by atoms with Crippen LogP contribution >= 0.6 is 0 Å². The first-order chi connectivity index (χ1) is 9.95. The van der Waals surface area contributed by atoms with E-state index in [1.54, 1.807) is 12.1 Å². The van der Waals surface area contributed by atoms with Gasteiger partial charge in [-0.3, -0.25) is 4.79 Å². The van der Waals surface area contributed by atoms with Crippen molar-refractivity contribution in [3.05, 3.63) is 29.8 Å². The van der Waals surface area contributed by atoms with Crippen LogP contribution in [0.1, 0.15) is 31.7 Å². The minimum Gasteiger partial charge on any atom is -0.481 e. The molecule has 0 saturated carbocycles. The fraction of sp³-hybridized carbons (Fsp3) is 0.533. The summed E-state index contributed by atoms with van der Waals surface area (Å²) in [6.45, 7) is 2.53. The molecule has 1 aromatic carbocycles. The molecule has 0 spiro atoms. The van der Waals surface area contributed by atoms with Crippen molar-refractivity contribution in [2.45, 2.75) is 37.5 Å². The molecule has 116 valence electrons. The third-order valence-electron chi connectivity index (χ3n) is 3.83. The third kappa shape index (κ3) is 3.63. The molecule has 2 rings (SSSR count). The van der Waals surface area contributed by atoms with E-state index < -0.39 is 21.9 Å². The van der Waals surface area contributed by atoms with E-state index in [1.807, 2.05) is 12.1 Å². The van der Waals surface area contributed by atoms with Crippen LogP contribution in [0.5, 0.6) is 0 Å². The Labute approximate surface area is 125 Å². The number of carboxylic acids is 1. The Morgan fingerprint density at radius 2 is 2.00 bits per heavy atom. The van der Waals surface area contributed by atoms with Gasteiger partial charge in [0.2, 0.25) is 10.0 Å². The van der Waals surface area contributed by atoms with Crippen LogP contribution in [0.15, 0.2) is 29.2 Å². The largest absolute Gasteiger partial charge is 0.481 e. The van der Waals surface area contributed by atoms with Crippen LogP contribution in [0.2, 0.25) is 0 Å². The van der Waals surface area contributed by atoms with Crippen molar-refractivity contribution in [2.24, 2.45) is 5.92 Å². The molecule has 0 amide bonds. The second-order valence-electron chi connectivity index (χ2n) is 5.43. The molecule has 0 bridgehead atoms. The zero-order valence-electron chi connectivity index (χ0n) is 12.2. The van der Waals surface area contributed by atoms with Gasteiger partial charge in [0.1, 0.15) is 0 Å². The molecule has 0 radical (unpaired) electrons. The molecule has 1 fully saturated rings. The van der Waals surface area contributed by atoms with Crippen molar-refractivity contribution < 1.29 is 18.3 Å².